The Kier molecular flexibility index (Phi) is 6.38. The van der Waals surface area contributed by atoms with Gasteiger partial charge in [-0.3, -0.25) is 9.54 Å². The highest BCUT2D eigenvalue weighted by Gasteiger charge is 2.27. The van der Waals surface area contributed by atoms with Gasteiger partial charge in [0.05, 0.1) is 11.3 Å². The molecular formula is C34H27NO5S. The van der Waals surface area contributed by atoms with Gasteiger partial charge in [0.15, 0.2) is 0 Å². The van der Waals surface area contributed by atoms with Gasteiger partial charge in [-0.05, 0) is 88.0 Å². The van der Waals surface area contributed by atoms with Gasteiger partial charge < -0.3 is 10.2 Å². The van der Waals surface area contributed by atoms with Crippen molar-refractivity contribution in [1.82, 2.24) is 4.98 Å². The first-order valence-electron chi connectivity index (χ1n) is 13.1. The van der Waals surface area contributed by atoms with E-state index in [-0.39, 0.29) is 16.2 Å². The highest BCUT2D eigenvalue weighted by molar-refractivity contribution is 7.85. The van der Waals surface area contributed by atoms with E-state index in [1.807, 2.05) is 78.9 Å². The summed E-state index contributed by atoms with van der Waals surface area (Å²) in [5, 5.41) is 25.2. The van der Waals surface area contributed by atoms with E-state index < -0.39 is 15.7 Å². The second-order valence-electron chi connectivity index (χ2n) is 10.5. The minimum atomic E-state index is -4.63. The standard InChI is InChI=1S/C34H27NO5S/c1-34(2,37)28-17-15-22(20-31(28)41(38,39)40)33-25-11-5-3-9-23(25)32(24-10-4-6-12-26(24)33)21-14-16-27(30(36)19-21)29-13-7-8-18-35-29/h3-20,36-37H,1-2H3,(H,38,39,40). The van der Waals surface area contributed by atoms with E-state index in [0.717, 1.165) is 38.2 Å². The number of benzene rings is 5. The number of rotatable bonds is 5. The molecule has 0 fully saturated rings. The monoisotopic (exact) mass is 561 g/mol. The van der Waals surface area contributed by atoms with Gasteiger partial charge in [0.25, 0.3) is 10.1 Å². The fraction of sp³-hybridized carbons (Fsp3) is 0.0882. The molecule has 0 aliphatic heterocycles. The number of phenolic OH excluding ortho intramolecular Hbond substituents is 1. The van der Waals surface area contributed by atoms with Crippen molar-refractivity contribution in [3.8, 4) is 39.3 Å². The summed E-state index contributed by atoms with van der Waals surface area (Å²) in [5.74, 6) is 0.110. The van der Waals surface area contributed by atoms with Crippen LogP contribution in [0.5, 0.6) is 5.75 Å². The van der Waals surface area contributed by atoms with E-state index in [2.05, 4.69) is 4.98 Å². The van der Waals surface area contributed by atoms with Crippen LogP contribution in [-0.4, -0.2) is 28.2 Å². The highest BCUT2D eigenvalue weighted by Crippen LogP contribution is 2.45. The van der Waals surface area contributed by atoms with Crippen LogP contribution >= 0.6 is 0 Å². The molecular weight excluding hydrogens is 534 g/mol. The molecule has 0 aliphatic carbocycles. The van der Waals surface area contributed by atoms with Crippen LogP contribution in [0.3, 0.4) is 0 Å². The van der Waals surface area contributed by atoms with Crippen molar-refractivity contribution >= 4 is 31.7 Å². The molecule has 0 aliphatic rings. The molecule has 3 N–H and O–H groups in total. The predicted molar refractivity (Wildman–Crippen MR) is 162 cm³/mol. The van der Waals surface area contributed by atoms with Crippen LogP contribution in [0.15, 0.2) is 114 Å². The van der Waals surface area contributed by atoms with Crippen LogP contribution in [0.2, 0.25) is 0 Å². The summed E-state index contributed by atoms with van der Waals surface area (Å²) >= 11 is 0. The normalized spacial score (nSPS) is 12.2. The molecule has 6 nitrogen and oxygen atoms in total. The fourth-order valence-corrected chi connectivity index (χ4v) is 6.44. The number of aromatic hydroxyl groups is 1. The minimum absolute atomic E-state index is 0.109. The summed E-state index contributed by atoms with van der Waals surface area (Å²) in [7, 11) is -4.63. The average molecular weight is 562 g/mol. The summed E-state index contributed by atoms with van der Waals surface area (Å²) in [6.45, 7) is 2.95. The van der Waals surface area contributed by atoms with Gasteiger partial charge in [-0.1, -0.05) is 72.8 Å². The van der Waals surface area contributed by atoms with Crippen LogP contribution < -0.4 is 0 Å². The molecule has 0 atom stereocenters. The number of aromatic nitrogens is 1. The molecule has 0 spiro atoms. The molecule has 0 saturated carbocycles. The van der Waals surface area contributed by atoms with Crippen molar-refractivity contribution in [3.05, 3.63) is 115 Å². The van der Waals surface area contributed by atoms with Gasteiger partial charge in [0.1, 0.15) is 10.6 Å². The fourth-order valence-electron chi connectivity index (χ4n) is 5.57. The average Bonchev–Trinajstić information content (AvgIpc) is 2.95. The molecule has 1 aromatic heterocycles. The van der Waals surface area contributed by atoms with Gasteiger partial charge in [-0.25, -0.2) is 0 Å². The van der Waals surface area contributed by atoms with Crippen LogP contribution in [0.4, 0.5) is 0 Å². The smallest absolute Gasteiger partial charge is 0.294 e. The molecule has 0 unspecified atom stereocenters. The SMILES string of the molecule is CC(C)(O)c1ccc(-c2c3ccccc3c(-c3ccc(-c4ccccn4)c(O)c3)c3ccccc23)cc1S(=O)(=O)O. The predicted octanol–water partition coefficient (Wildman–Crippen LogP) is 7.57. The van der Waals surface area contributed by atoms with Crippen LogP contribution in [0.1, 0.15) is 19.4 Å². The molecule has 6 aromatic rings. The lowest BCUT2D eigenvalue weighted by Gasteiger charge is -2.22. The third kappa shape index (κ3) is 4.74. The molecule has 0 bridgehead atoms. The molecule has 0 radical (unpaired) electrons. The topological polar surface area (TPSA) is 108 Å². The maximum Gasteiger partial charge on any atom is 0.294 e. The number of fused-ring (bicyclic) bond motifs is 2. The Hall–Kier alpha value is -4.56. The van der Waals surface area contributed by atoms with Crippen molar-refractivity contribution in [2.75, 3.05) is 0 Å². The molecule has 5 aromatic carbocycles. The van der Waals surface area contributed by atoms with Crippen LogP contribution in [-0.2, 0) is 15.7 Å². The Morgan fingerprint density at radius 2 is 1.20 bits per heavy atom. The van der Waals surface area contributed by atoms with Crippen molar-refractivity contribution in [2.45, 2.75) is 24.3 Å². The zero-order chi connectivity index (χ0) is 28.9. The Morgan fingerprint density at radius 3 is 1.66 bits per heavy atom. The quantitative estimate of drug-likeness (QED) is 0.148. The van der Waals surface area contributed by atoms with Crippen molar-refractivity contribution in [1.29, 1.82) is 0 Å². The van der Waals surface area contributed by atoms with Gasteiger partial charge in [-0.15, -0.1) is 0 Å². The lowest BCUT2D eigenvalue weighted by atomic mass is 9.85. The third-order valence-corrected chi connectivity index (χ3v) is 8.26. The lowest BCUT2D eigenvalue weighted by Crippen LogP contribution is -2.19. The van der Waals surface area contributed by atoms with E-state index in [0.29, 0.717) is 16.8 Å². The van der Waals surface area contributed by atoms with Crippen molar-refractivity contribution in [3.63, 3.8) is 0 Å². The molecule has 204 valence electrons. The first-order chi connectivity index (χ1) is 19.5. The zero-order valence-corrected chi connectivity index (χ0v) is 23.2. The number of hydrogen-bond acceptors (Lipinski definition) is 5. The molecule has 7 heteroatoms. The highest BCUT2D eigenvalue weighted by atomic mass is 32.2. The first kappa shape index (κ1) is 26.7. The summed E-state index contributed by atoms with van der Waals surface area (Å²) < 4.78 is 34.9. The number of hydrogen-bond donors (Lipinski definition) is 3. The number of nitrogens with zero attached hydrogens (tertiary/aromatic N) is 1. The Balaban J connectivity index is 1.66. The second kappa shape index (κ2) is 9.82. The molecule has 41 heavy (non-hydrogen) atoms. The van der Waals surface area contributed by atoms with Crippen molar-refractivity contribution < 1.29 is 23.2 Å². The molecule has 6 rings (SSSR count). The second-order valence-corrected chi connectivity index (χ2v) is 11.9. The number of pyridine rings is 1. The summed E-state index contributed by atoms with van der Waals surface area (Å²) in [6, 6.07) is 31.5. The van der Waals surface area contributed by atoms with Crippen LogP contribution in [0, 0.1) is 0 Å². The van der Waals surface area contributed by atoms with E-state index >= 15 is 0 Å². The van der Waals surface area contributed by atoms with Gasteiger partial charge in [0.2, 0.25) is 0 Å². The molecule has 1 heterocycles. The lowest BCUT2D eigenvalue weighted by molar-refractivity contribution is 0.0753. The first-order valence-corrected chi connectivity index (χ1v) is 14.5. The largest absolute Gasteiger partial charge is 0.507 e. The van der Waals surface area contributed by atoms with E-state index in [4.69, 9.17) is 0 Å². The summed E-state index contributed by atoms with van der Waals surface area (Å²) in [5.41, 5.74) is 3.04. The number of phenols is 1. The molecule has 0 amide bonds. The maximum absolute atomic E-state index is 12.4. The Morgan fingerprint density at radius 1 is 0.683 bits per heavy atom. The van der Waals surface area contributed by atoms with E-state index in [9.17, 15) is 23.2 Å². The third-order valence-electron chi connectivity index (χ3n) is 7.37. The number of aliphatic hydroxyl groups is 1. The van der Waals surface area contributed by atoms with Crippen molar-refractivity contribution in [2.24, 2.45) is 0 Å². The van der Waals surface area contributed by atoms with E-state index in [1.54, 1.807) is 24.4 Å². The Labute approximate surface area is 237 Å². The van der Waals surface area contributed by atoms with Gasteiger partial charge >= 0.3 is 0 Å². The molecule has 0 saturated heterocycles. The van der Waals surface area contributed by atoms with Gasteiger partial charge in [-0.2, -0.15) is 8.42 Å². The maximum atomic E-state index is 12.4. The van der Waals surface area contributed by atoms with Crippen LogP contribution in [0.25, 0.3) is 55.1 Å². The zero-order valence-electron chi connectivity index (χ0n) is 22.4. The van der Waals surface area contributed by atoms with Gasteiger partial charge in [0, 0.05) is 17.3 Å². The van der Waals surface area contributed by atoms with E-state index in [1.165, 1.54) is 19.9 Å². The minimum Gasteiger partial charge on any atom is -0.507 e. The Bertz CT molecular complexity index is 2010. The summed E-state index contributed by atoms with van der Waals surface area (Å²) in [6.07, 6.45) is 1.68. The summed E-state index contributed by atoms with van der Waals surface area (Å²) in [4.78, 5) is 4.03.